The second kappa shape index (κ2) is 6.68. The number of anilines is 1. The van der Waals surface area contributed by atoms with Crippen LogP contribution in [0.3, 0.4) is 0 Å². The van der Waals surface area contributed by atoms with Gasteiger partial charge in [-0.15, -0.1) is 0 Å². The molecule has 1 heterocycles. The van der Waals surface area contributed by atoms with Crippen molar-refractivity contribution in [2.45, 2.75) is 46.6 Å². The molecule has 19 heavy (non-hydrogen) atoms. The summed E-state index contributed by atoms with van der Waals surface area (Å²) in [6, 6.07) is 0. The topological polar surface area (TPSA) is 82.3 Å². The third-order valence-corrected chi connectivity index (χ3v) is 2.46. The SMILES string of the molecule is CCc1nc(NN)c(C)c(OCCOC(C)(C)C)n1. The molecule has 0 spiro atoms. The van der Waals surface area contributed by atoms with Crippen molar-refractivity contribution in [3.8, 4) is 5.88 Å². The minimum Gasteiger partial charge on any atom is -0.475 e. The largest absolute Gasteiger partial charge is 0.475 e. The zero-order valence-electron chi connectivity index (χ0n) is 12.4. The molecular formula is C13H24N4O2. The number of aryl methyl sites for hydroxylation is 1. The first-order valence-corrected chi connectivity index (χ1v) is 6.48. The maximum atomic E-state index is 5.65. The highest BCUT2D eigenvalue weighted by molar-refractivity contribution is 5.47. The highest BCUT2D eigenvalue weighted by Crippen LogP contribution is 2.21. The van der Waals surface area contributed by atoms with Crippen LogP contribution in [0.1, 0.15) is 39.1 Å². The van der Waals surface area contributed by atoms with Gasteiger partial charge in [-0.2, -0.15) is 4.98 Å². The third kappa shape index (κ3) is 5.00. The number of hydrogen-bond acceptors (Lipinski definition) is 6. The predicted molar refractivity (Wildman–Crippen MR) is 75.2 cm³/mol. The molecule has 0 unspecified atom stereocenters. The van der Waals surface area contributed by atoms with E-state index in [1.807, 2.05) is 34.6 Å². The van der Waals surface area contributed by atoms with E-state index in [2.05, 4.69) is 15.4 Å². The summed E-state index contributed by atoms with van der Waals surface area (Å²) in [6.45, 7) is 10.8. The van der Waals surface area contributed by atoms with Crippen molar-refractivity contribution in [1.82, 2.24) is 9.97 Å². The number of nitrogen functional groups attached to an aromatic ring is 1. The van der Waals surface area contributed by atoms with E-state index in [0.29, 0.717) is 30.7 Å². The van der Waals surface area contributed by atoms with E-state index < -0.39 is 0 Å². The van der Waals surface area contributed by atoms with Crippen LogP contribution in [-0.4, -0.2) is 28.8 Å². The molecule has 0 fully saturated rings. The summed E-state index contributed by atoms with van der Waals surface area (Å²) in [5.41, 5.74) is 3.20. The van der Waals surface area contributed by atoms with E-state index in [-0.39, 0.29) is 5.60 Å². The van der Waals surface area contributed by atoms with Crippen molar-refractivity contribution in [3.63, 3.8) is 0 Å². The number of nitrogens with two attached hydrogens (primary N) is 1. The molecule has 0 radical (unpaired) electrons. The fraction of sp³-hybridized carbons (Fsp3) is 0.692. The number of hydrogen-bond donors (Lipinski definition) is 2. The summed E-state index contributed by atoms with van der Waals surface area (Å²) < 4.78 is 11.2. The molecule has 0 bridgehead atoms. The molecule has 0 aromatic carbocycles. The molecule has 0 atom stereocenters. The summed E-state index contributed by atoms with van der Waals surface area (Å²) in [5, 5.41) is 0. The number of hydrazine groups is 1. The Balaban J connectivity index is 2.67. The monoisotopic (exact) mass is 268 g/mol. The average Bonchev–Trinajstić information content (AvgIpc) is 2.35. The van der Waals surface area contributed by atoms with Crippen molar-refractivity contribution in [2.75, 3.05) is 18.6 Å². The molecule has 0 aliphatic heterocycles. The Hall–Kier alpha value is -1.40. The van der Waals surface area contributed by atoms with Gasteiger partial charge in [0.05, 0.1) is 17.8 Å². The Bertz CT molecular complexity index is 416. The summed E-state index contributed by atoms with van der Waals surface area (Å²) in [7, 11) is 0. The summed E-state index contributed by atoms with van der Waals surface area (Å²) >= 11 is 0. The highest BCUT2D eigenvalue weighted by atomic mass is 16.5. The normalized spacial score (nSPS) is 11.5. The van der Waals surface area contributed by atoms with Crippen LogP contribution in [0.2, 0.25) is 0 Å². The first-order valence-electron chi connectivity index (χ1n) is 6.48. The first kappa shape index (κ1) is 15.7. The van der Waals surface area contributed by atoms with Crippen LogP contribution in [0.25, 0.3) is 0 Å². The smallest absolute Gasteiger partial charge is 0.221 e. The fourth-order valence-corrected chi connectivity index (χ4v) is 1.47. The van der Waals surface area contributed by atoms with Crippen molar-refractivity contribution < 1.29 is 9.47 Å². The van der Waals surface area contributed by atoms with E-state index in [1.54, 1.807) is 0 Å². The van der Waals surface area contributed by atoms with Gasteiger partial charge in [0.15, 0.2) is 0 Å². The molecular weight excluding hydrogens is 244 g/mol. The number of rotatable bonds is 6. The van der Waals surface area contributed by atoms with Gasteiger partial charge in [-0.1, -0.05) is 6.92 Å². The van der Waals surface area contributed by atoms with E-state index in [9.17, 15) is 0 Å². The zero-order chi connectivity index (χ0) is 14.5. The molecule has 6 nitrogen and oxygen atoms in total. The average molecular weight is 268 g/mol. The highest BCUT2D eigenvalue weighted by Gasteiger charge is 2.12. The van der Waals surface area contributed by atoms with Gasteiger partial charge in [0.2, 0.25) is 5.88 Å². The minimum atomic E-state index is -0.164. The van der Waals surface area contributed by atoms with E-state index in [0.717, 1.165) is 12.0 Å². The Labute approximate surface area is 114 Å². The molecule has 0 saturated heterocycles. The number of nitrogens with zero attached hydrogens (tertiary/aromatic N) is 2. The molecule has 0 amide bonds. The van der Waals surface area contributed by atoms with Gasteiger partial charge in [0.25, 0.3) is 0 Å². The Morgan fingerprint density at radius 1 is 1.21 bits per heavy atom. The van der Waals surface area contributed by atoms with Crippen LogP contribution in [0.15, 0.2) is 0 Å². The van der Waals surface area contributed by atoms with Crippen molar-refractivity contribution in [1.29, 1.82) is 0 Å². The zero-order valence-corrected chi connectivity index (χ0v) is 12.4. The number of ether oxygens (including phenoxy) is 2. The van der Waals surface area contributed by atoms with Crippen molar-refractivity contribution in [3.05, 3.63) is 11.4 Å². The molecule has 0 saturated carbocycles. The van der Waals surface area contributed by atoms with Crippen molar-refractivity contribution >= 4 is 5.82 Å². The molecule has 1 aromatic heterocycles. The summed E-state index contributed by atoms with van der Waals surface area (Å²) in [5.74, 6) is 7.28. The second-order valence-corrected chi connectivity index (χ2v) is 5.23. The van der Waals surface area contributed by atoms with Crippen LogP contribution in [0.5, 0.6) is 5.88 Å². The lowest BCUT2D eigenvalue weighted by atomic mass is 10.2. The van der Waals surface area contributed by atoms with E-state index in [4.69, 9.17) is 15.3 Å². The van der Waals surface area contributed by atoms with Gasteiger partial charge in [-0.05, 0) is 27.7 Å². The second-order valence-electron chi connectivity index (χ2n) is 5.23. The summed E-state index contributed by atoms with van der Waals surface area (Å²) in [6.07, 6.45) is 0.726. The van der Waals surface area contributed by atoms with Crippen molar-refractivity contribution in [2.24, 2.45) is 5.84 Å². The number of aromatic nitrogens is 2. The van der Waals surface area contributed by atoms with E-state index >= 15 is 0 Å². The quantitative estimate of drug-likeness (QED) is 0.465. The molecule has 0 aliphatic rings. The van der Waals surface area contributed by atoms with Crippen LogP contribution in [0, 0.1) is 6.92 Å². The first-order chi connectivity index (χ1) is 8.87. The molecule has 6 heteroatoms. The van der Waals surface area contributed by atoms with Gasteiger partial charge in [0.1, 0.15) is 18.2 Å². The van der Waals surface area contributed by atoms with Crippen LogP contribution in [0.4, 0.5) is 5.82 Å². The van der Waals surface area contributed by atoms with Gasteiger partial charge in [-0.3, -0.25) is 0 Å². The molecule has 0 aliphatic carbocycles. The van der Waals surface area contributed by atoms with E-state index in [1.165, 1.54) is 0 Å². The van der Waals surface area contributed by atoms with Crippen LogP contribution in [-0.2, 0) is 11.2 Å². The molecule has 3 N–H and O–H groups in total. The molecule has 108 valence electrons. The predicted octanol–water partition coefficient (Wildman–Crippen LogP) is 1.83. The maximum absolute atomic E-state index is 5.65. The molecule has 1 aromatic rings. The standard InChI is InChI=1S/C13H24N4O2/c1-6-10-15-11(17-14)9(2)12(16-10)18-7-8-19-13(3,4)5/h6-8,14H2,1-5H3,(H,15,16,17). The van der Waals surface area contributed by atoms with Gasteiger partial charge < -0.3 is 14.9 Å². The van der Waals surface area contributed by atoms with Gasteiger partial charge in [-0.25, -0.2) is 10.8 Å². The lowest BCUT2D eigenvalue weighted by Crippen LogP contribution is -2.23. The van der Waals surface area contributed by atoms with Gasteiger partial charge in [0, 0.05) is 6.42 Å². The van der Waals surface area contributed by atoms with Crippen LogP contribution < -0.4 is 16.0 Å². The Morgan fingerprint density at radius 3 is 2.42 bits per heavy atom. The fourth-order valence-electron chi connectivity index (χ4n) is 1.47. The number of nitrogens with one attached hydrogen (secondary N) is 1. The van der Waals surface area contributed by atoms with Crippen LogP contribution >= 0.6 is 0 Å². The summed E-state index contributed by atoms with van der Waals surface area (Å²) in [4.78, 5) is 8.63. The lowest BCUT2D eigenvalue weighted by Gasteiger charge is -2.19. The minimum absolute atomic E-state index is 0.164. The Kier molecular flexibility index (Phi) is 5.50. The Morgan fingerprint density at radius 2 is 1.89 bits per heavy atom. The third-order valence-electron chi connectivity index (χ3n) is 2.46. The maximum Gasteiger partial charge on any atom is 0.221 e. The molecule has 1 rings (SSSR count). The lowest BCUT2D eigenvalue weighted by molar-refractivity contribution is -0.0169. The van der Waals surface area contributed by atoms with Gasteiger partial charge >= 0.3 is 0 Å².